The molecule has 5 rings (SSSR count). The molecule has 2 aliphatic heterocycles. The predicted molar refractivity (Wildman–Crippen MR) is 120 cm³/mol. The second-order valence-electron chi connectivity index (χ2n) is 8.73. The molecule has 2 aliphatic rings. The lowest BCUT2D eigenvalue weighted by Gasteiger charge is -2.39. The van der Waals surface area contributed by atoms with Gasteiger partial charge in [0.05, 0.1) is 12.2 Å². The summed E-state index contributed by atoms with van der Waals surface area (Å²) < 4.78 is 39.9. The molecule has 0 unspecified atom stereocenters. The molecular formula is C26H22F2N2O4. The molecule has 0 atom stereocenters. The number of likely N-dealkylation sites (tertiary alicyclic amines) is 1. The van der Waals surface area contributed by atoms with Gasteiger partial charge in [-0.3, -0.25) is 14.6 Å². The van der Waals surface area contributed by atoms with Gasteiger partial charge in [-0.1, -0.05) is 6.07 Å². The molecule has 0 spiro atoms. The number of amides is 1. The molecule has 8 heteroatoms. The molecule has 0 radical (unpaired) electrons. The van der Waals surface area contributed by atoms with Gasteiger partial charge < -0.3 is 14.4 Å². The Morgan fingerprint density at radius 1 is 1.12 bits per heavy atom. The largest absolute Gasteiger partial charge is 0.490 e. The second kappa shape index (κ2) is 8.85. The molecule has 1 amide bonds. The van der Waals surface area contributed by atoms with Gasteiger partial charge in [-0.25, -0.2) is 8.78 Å². The third kappa shape index (κ3) is 4.35. The van der Waals surface area contributed by atoms with E-state index in [1.165, 1.54) is 17.0 Å². The lowest BCUT2D eigenvalue weighted by Crippen LogP contribution is -2.52. The third-order valence-corrected chi connectivity index (χ3v) is 6.02. The van der Waals surface area contributed by atoms with Crippen molar-refractivity contribution in [3.63, 3.8) is 0 Å². The maximum atomic E-state index is 14.6. The molecular weight excluding hydrogens is 442 g/mol. The van der Waals surface area contributed by atoms with Gasteiger partial charge in [0.25, 0.3) is 5.91 Å². The summed E-state index contributed by atoms with van der Waals surface area (Å²) in [5.74, 6) is -1.27. The molecule has 0 bridgehead atoms. The highest BCUT2D eigenvalue weighted by Gasteiger charge is 2.34. The van der Waals surface area contributed by atoms with Crippen LogP contribution in [0.5, 0.6) is 11.5 Å². The van der Waals surface area contributed by atoms with Crippen molar-refractivity contribution in [2.45, 2.75) is 13.3 Å². The minimum Gasteiger partial charge on any atom is -0.490 e. The van der Waals surface area contributed by atoms with E-state index in [4.69, 9.17) is 9.47 Å². The average molecular weight is 464 g/mol. The predicted octanol–water partition coefficient (Wildman–Crippen LogP) is 3.99. The summed E-state index contributed by atoms with van der Waals surface area (Å²) in [5, 5.41) is 0. The molecule has 1 aromatic heterocycles. The van der Waals surface area contributed by atoms with Crippen molar-refractivity contribution in [3.05, 3.63) is 77.1 Å². The number of carbonyl (C=O) groups excluding carboxylic acids is 2. The van der Waals surface area contributed by atoms with Crippen LogP contribution in [0.25, 0.3) is 11.1 Å². The molecule has 3 aromatic rings. The highest BCUT2D eigenvalue weighted by molar-refractivity contribution is 5.96. The number of pyridine rings is 1. The minimum absolute atomic E-state index is 0.00889. The molecule has 0 saturated carbocycles. The molecule has 6 nitrogen and oxygen atoms in total. The van der Waals surface area contributed by atoms with Crippen molar-refractivity contribution < 1.29 is 27.8 Å². The number of benzene rings is 2. The first-order chi connectivity index (χ1) is 16.4. The fourth-order valence-electron chi connectivity index (χ4n) is 4.19. The van der Waals surface area contributed by atoms with E-state index in [0.29, 0.717) is 30.0 Å². The number of ether oxygens (including phenoxy) is 2. The Bertz CT molecular complexity index is 1290. The minimum atomic E-state index is -0.677. The van der Waals surface area contributed by atoms with E-state index in [2.05, 4.69) is 4.98 Å². The van der Waals surface area contributed by atoms with E-state index in [-0.39, 0.29) is 42.6 Å². The Kier molecular flexibility index (Phi) is 5.73. The van der Waals surface area contributed by atoms with Crippen LogP contribution < -0.4 is 9.47 Å². The number of rotatable bonds is 5. The maximum Gasteiger partial charge on any atom is 0.256 e. The quantitative estimate of drug-likeness (QED) is 0.571. The average Bonchev–Trinajstić information content (AvgIpc) is 2.78. The number of aryl methyl sites for hydroxylation is 1. The van der Waals surface area contributed by atoms with Crippen LogP contribution in [0.4, 0.5) is 8.78 Å². The second-order valence-corrected chi connectivity index (χ2v) is 8.73. The SMILES string of the molecule is Cc1cncc(-c2ccc(OCC3CN(C(=O)c4cc5c(cc4F)OCC(=O)C5)C3)c(F)c2)c1. The first-order valence-electron chi connectivity index (χ1n) is 11.0. The van der Waals surface area contributed by atoms with Crippen LogP contribution in [0, 0.1) is 24.5 Å². The number of hydrogen-bond acceptors (Lipinski definition) is 5. The van der Waals surface area contributed by atoms with Gasteiger partial charge >= 0.3 is 0 Å². The summed E-state index contributed by atoms with van der Waals surface area (Å²) in [4.78, 5) is 30.0. The lowest BCUT2D eigenvalue weighted by atomic mass is 9.97. The Morgan fingerprint density at radius 2 is 1.94 bits per heavy atom. The first kappa shape index (κ1) is 22.0. The first-order valence-corrected chi connectivity index (χ1v) is 11.0. The van der Waals surface area contributed by atoms with E-state index < -0.39 is 17.5 Å². The van der Waals surface area contributed by atoms with Gasteiger partial charge in [0.2, 0.25) is 0 Å². The van der Waals surface area contributed by atoms with Crippen molar-refractivity contribution in [2.24, 2.45) is 5.92 Å². The number of ketones is 1. The van der Waals surface area contributed by atoms with Crippen molar-refractivity contribution in [1.82, 2.24) is 9.88 Å². The molecule has 174 valence electrons. The Hall–Kier alpha value is -3.81. The van der Waals surface area contributed by atoms with Crippen LogP contribution in [0.15, 0.2) is 48.8 Å². The fraction of sp³-hybridized carbons (Fsp3) is 0.269. The van der Waals surface area contributed by atoms with Crippen molar-refractivity contribution in [2.75, 3.05) is 26.3 Å². The molecule has 0 N–H and O–H groups in total. The standard InChI is InChI=1S/C26H22F2N2O4/c1-15-4-19(10-29-9-15)17-2-3-24(23(28)7-17)33-13-16-11-30(12-16)26(32)21-6-18-5-20(31)14-34-25(18)8-22(21)27/h2-4,6-10,16H,5,11-14H2,1H3. The molecule has 0 aliphatic carbocycles. The van der Waals surface area contributed by atoms with E-state index in [9.17, 15) is 18.4 Å². The van der Waals surface area contributed by atoms with Crippen LogP contribution in [0.2, 0.25) is 0 Å². The summed E-state index contributed by atoms with van der Waals surface area (Å²) in [6, 6.07) is 9.26. The summed E-state index contributed by atoms with van der Waals surface area (Å²) in [7, 11) is 0. The number of hydrogen-bond donors (Lipinski definition) is 0. The Balaban J connectivity index is 1.18. The third-order valence-electron chi connectivity index (χ3n) is 6.02. The van der Waals surface area contributed by atoms with Gasteiger partial charge in [-0.2, -0.15) is 0 Å². The van der Waals surface area contributed by atoms with E-state index in [1.807, 2.05) is 13.0 Å². The van der Waals surface area contributed by atoms with Gasteiger partial charge in [-0.15, -0.1) is 0 Å². The van der Waals surface area contributed by atoms with Crippen LogP contribution in [0.3, 0.4) is 0 Å². The lowest BCUT2D eigenvalue weighted by molar-refractivity contribution is -0.121. The molecule has 1 saturated heterocycles. The zero-order valence-corrected chi connectivity index (χ0v) is 18.5. The van der Waals surface area contributed by atoms with Crippen LogP contribution >= 0.6 is 0 Å². The highest BCUT2D eigenvalue weighted by Crippen LogP contribution is 2.30. The summed E-state index contributed by atoms with van der Waals surface area (Å²) in [6.45, 7) is 2.83. The number of fused-ring (bicyclic) bond motifs is 1. The maximum absolute atomic E-state index is 14.6. The van der Waals surface area contributed by atoms with Gasteiger partial charge in [0.15, 0.2) is 17.3 Å². The van der Waals surface area contributed by atoms with E-state index in [0.717, 1.165) is 17.2 Å². The van der Waals surface area contributed by atoms with Gasteiger partial charge in [0.1, 0.15) is 18.2 Å². The van der Waals surface area contributed by atoms with Crippen molar-refractivity contribution in [1.29, 1.82) is 0 Å². The monoisotopic (exact) mass is 464 g/mol. The van der Waals surface area contributed by atoms with Crippen molar-refractivity contribution >= 4 is 11.7 Å². The van der Waals surface area contributed by atoms with Crippen LogP contribution in [0.1, 0.15) is 21.5 Å². The Morgan fingerprint density at radius 3 is 2.71 bits per heavy atom. The van der Waals surface area contributed by atoms with Gasteiger partial charge in [-0.05, 0) is 42.3 Å². The fourth-order valence-corrected chi connectivity index (χ4v) is 4.19. The van der Waals surface area contributed by atoms with Crippen LogP contribution in [-0.4, -0.2) is 47.9 Å². The molecule has 3 heterocycles. The Labute approximate surface area is 195 Å². The zero-order valence-electron chi connectivity index (χ0n) is 18.5. The number of nitrogens with zero attached hydrogens (tertiary/aromatic N) is 2. The van der Waals surface area contributed by atoms with E-state index >= 15 is 0 Å². The number of Topliss-reactive ketones (excluding diaryl/α,β-unsaturated/α-hetero) is 1. The topological polar surface area (TPSA) is 68.7 Å². The number of carbonyl (C=O) groups is 2. The molecule has 1 fully saturated rings. The molecule has 34 heavy (non-hydrogen) atoms. The van der Waals surface area contributed by atoms with Gasteiger partial charge in [0, 0.05) is 55.0 Å². The summed E-state index contributed by atoms with van der Waals surface area (Å²) in [6.07, 6.45) is 3.54. The smallest absolute Gasteiger partial charge is 0.256 e. The number of halogens is 2. The summed E-state index contributed by atoms with van der Waals surface area (Å²) >= 11 is 0. The molecule has 2 aromatic carbocycles. The van der Waals surface area contributed by atoms with E-state index in [1.54, 1.807) is 24.5 Å². The zero-order chi connectivity index (χ0) is 23.8. The summed E-state index contributed by atoms with van der Waals surface area (Å²) in [5.41, 5.74) is 2.95. The normalized spacial score (nSPS) is 15.4. The highest BCUT2D eigenvalue weighted by atomic mass is 19.1. The van der Waals surface area contributed by atoms with Crippen molar-refractivity contribution in [3.8, 4) is 22.6 Å². The van der Waals surface area contributed by atoms with Crippen LogP contribution in [-0.2, 0) is 11.2 Å². The number of aromatic nitrogens is 1.